The molecule has 0 radical (unpaired) electrons. The highest BCUT2D eigenvalue weighted by Gasteiger charge is 2.30. The molecule has 0 spiro atoms. The Morgan fingerprint density at radius 2 is 1.67 bits per heavy atom. The molecule has 2 N–H and O–H groups in total. The maximum Gasteiger partial charge on any atom is 0.323 e. The summed E-state index contributed by atoms with van der Waals surface area (Å²) in [4.78, 5) is 43.4. The maximum absolute atomic E-state index is 13.3. The Morgan fingerprint density at radius 1 is 0.976 bits per heavy atom. The fraction of sp³-hybridized carbons (Fsp3) is 0.367. The van der Waals surface area contributed by atoms with Crippen LogP contribution < -0.4 is 10.6 Å². The molecule has 0 fully saturated rings. The second kappa shape index (κ2) is 13.6. The molecule has 0 saturated heterocycles. The second-order valence-corrected chi connectivity index (χ2v) is 13.3. The van der Waals surface area contributed by atoms with Crippen LogP contribution in [0.2, 0.25) is 0 Å². The number of carbonyl (C=O) groups excluding carboxylic acids is 3. The topological polar surface area (TPSA) is 119 Å². The molecule has 0 unspecified atom stereocenters. The lowest BCUT2D eigenvalue weighted by Crippen LogP contribution is -2.39. The zero-order chi connectivity index (χ0) is 30.4. The highest BCUT2D eigenvalue weighted by atomic mass is 32.2. The monoisotopic (exact) mass is 611 g/mol. The zero-order valence-corrected chi connectivity index (χ0v) is 26.0. The molecule has 1 aliphatic heterocycles. The van der Waals surface area contributed by atoms with Crippen molar-refractivity contribution in [3.8, 4) is 0 Å². The molecule has 1 aromatic heterocycles. The molecule has 4 amide bonds. The van der Waals surface area contributed by atoms with E-state index in [0.29, 0.717) is 30.1 Å². The van der Waals surface area contributed by atoms with E-state index in [1.807, 2.05) is 30.3 Å². The number of nitrogens with zero attached hydrogens (tertiary/aromatic N) is 3. The summed E-state index contributed by atoms with van der Waals surface area (Å²) >= 11 is 1.33. The molecule has 0 aliphatic carbocycles. The molecule has 4 rings (SSSR count). The maximum atomic E-state index is 13.3. The van der Waals surface area contributed by atoms with Crippen LogP contribution in [0.5, 0.6) is 0 Å². The Kier molecular flexibility index (Phi) is 10.2. The first kappa shape index (κ1) is 31.4. The first-order chi connectivity index (χ1) is 20.0. The van der Waals surface area contributed by atoms with Crippen LogP contribution in [-0.4, -0.2) is 74.1 Å². The molecule has 10 nitrogen and oxygen atoms in total. The van der Waals surface area contributed by atoms with Crippen molar-refractivity contribution in [1.82, 2.24) is 19.4 Å². The van der Waals surface area contributed by atoms with Crippen molar-refractivity contribution in [1.29, 1.82) is 0 Å². The van der Waals surface area contributed by atoms with E-state index in [0.717, 1.165) is 35.5 Å². The molecule has 3 aromatic rings. The van der Waals surface area contributed by atoms with E-state index in [1.165, 1.54) is 44.8 Å². The Morgan fingerprint density at radius 3 is 2.29 bits per heavy atom. The number of carbonyl (C=O) groups is 3. The number of sulfonamides is 1. The van der Waals surface area contributed by atoms with Crippen LogP contribution in [-0.2, 0) is 29.5 Å². The number of urea groups is 1. The van der Waals surface area contributed by atoms with E-state index in [1.54, 1.807) is 21.0 Å². The molecule has 2 aromatic carbocycles. The summed E-state index contributed by atoms with van der Waals surface area (Å²) in [6.07, 6.45) is 1.63. The third-order valence-corrected chi connectivity index (χ3v) is 10.1. The lowest BCUT2D eigenvalue weighted by molar-refractivity contribution is 0.0956. The first-order valence-corrected chi connectivity index (χ1v) is 16.2. The van der Waals surface area contributed by atoms with Gasteiger partial charge >= 0.3 is 6.03 Å². The van der Waals surface area contributed by atoms with Gasteiger partial charge in [-0.05, 0) is 54.8 Å². The fourth-order valence-electron chi connectivity index (χ4n) is 4.82. The van der Waals surface area contributed by atoms with E-state index in [9.17, 15) is 22.8 Å². The van der Waals surface area contributed by atoms with Gasteiger partial charge in [-0.15, -0.1) is 11.3 Å². The van der Waals surface area contributed by atoms with Crippen LogP contribution >= 0.6 is 11.3 Å². The highest BCUT2D eigenvalue weighted by molar-refractivity contribution is 7.89. The van der Waals surface area contributed by atoms with Gasteiger partial charge in [-0.2, -0.15) is 4.31 Å². The molecule has 0 atom stereocenters. The number of fused-ring (bicyclic) bond motifs is 1. The van der Waals surface area contributed by atoms with Crippen molar-refractivity contribution in [3.05, 3.63) is 81.7 Å². The Balaban J connectivity index is 1.56. The standard InChI is InChI=1S/C30H37N5O5S2/c1-5-17-34-18-16-24-25(20-34)41-29(26(24)28(37)32-30(38)33(3)4)31-27(36)22-12-14-23(15-13-22)42(39,40)35(6-2)19-21-10-8-7-9-11-21/h7-15H,5-6,16-20H2,1-4H3,(H,31,36)(H,32,37,38). The molecular formula is C30H37N5O5S2. The summed E-state index contributed by atoms with van der Waals surface area (Å²) < 4.78 is 28.0. The fourth-order valence-corrected chi connectivity index (χ4v) is 7.54. The Hall–Kier alpha value is -3.58. The molecule has 2 heterocycles. The van der Waals surface area contributed by atoms with Crippen LogP contribution in [0.4, 0.5) is 9.80 Å². The van der Waals surface area contributed by atoms with E-state index in [2.05, 4.69) is 22.5 Å². The highest BCUT2D eigenvalue weighted by Crippen LogP contribution is 2.37. The number of thiophene rings is 1. The van der Waals surface area contributed by atoms with Gasteiger partial charge in [-0.25, -0.2) is 13.2 Å². The van der Waals surface area contributed by atoms with Crippen molar-refractivity contribution < 1.29 is 22.8 Å². The minimum atomic E-state index is -3.79. The van der Waals surface area contributed by atoms with Crippen LogP contribution in [0.1, 0.15) is 57.0 Å². The normalized spacial score (nSPS) is 13.5. The quantitative estimate of drug-likeness (QED) is 0.351. The van der Waals surface area contributed by atoms with Gasteiger partial charge in [0.25, 0.3) is 11.8 Å². The molecule has 224 valence electrons. The van der Waals surface area contributed by atoms with Gasteiger partial charge in [0, 0.05) is 50.7 Å². The largest absolute Gasteiger partial charge is 0.331 e. The number of nitrogens with one attached hydrogen (secondary N) is 2. The number of hydrogen-bond acceptors (Lipinski definition) is 7. The van der Waals surface area contributed by atoms with Crippen molar-refractivity contribution in [2.75, 3.05) is 39.0 Å². The van der Waals surface area contributed by atoms with Crippen LogP contribution in [0.3, 0.4) is 0 Å². The van der Waals surface area contributed by atoms with Crippen molar-refractivity contribution >= 4 is 44.2 Å². The second-order valence-electron chi connectivity index (χ2n) is 10.3. The smallest absolute Gasteiger partial charge is 0.323 e. The van der Waals surface area contributed by atoms with E-state index < -0.39 is 27.9 Å². The molecule has 42 heavy (non-hydrogen) atoms. The average Bonchev–Trinajstić information content (AvgIpc) is 3.33. The van der Waals surface area contributed by atoms with Gasteiger partial charge in [0.1, 0.15) is 5.00 Å². The molecule has 12 heteroatoms. The summed E-state index contributed by atoms with van der Waals surface area (Å²) in [5.74, 6) is -1.04. The number of hydrogen-bond donors (Lipinski definition) is 2. The van der Waals surface area contributed by atoms with E-state index in [-0.39, 0.29) is 17.0 Å². The third-order valence-electron chi connectivity index (χ3n) is 7.07. The van der Waals surface area contributed by atoms with Gasteiger partial charge in [-0.1, -0.05) is 44.2 Å². The summed E-state index contributed by atoms with van der Waals surface area (Å²) in [5, 5.41) is 5.62. The summed E-state index contributed by atoms with van der Waals surface area (Å²) in [5.41, 5.74) is 2.26. The summed E-state index contributed by atoms with van der Waals surface area (Å²) in [7, 11) is -0.701. The SMILES string of the molecule is CCCN1CCc2c(sc(NC(=O)c3ccc(S(=O)(=O)N(CC)Cc4ccccc4)cc3)c2C(=O)NC(=O)N(C)C)C1. The zero-order valence-electron chi connectivity index (χ0n) is 24.3. The van der Waals surface area contributed by atoms with Crippen LogP contribution in [0.15, 0.2) is 59.5 Å². The number of benzene rings is 2. The number of imide groups is 1. The van der Waals surface area contributed by atoms with Crippen molar-refractivity contribution in [2.24, 2.45) is 0 Å². The van der Waals surface area contributed by atoms with E-state index in [4.69, 9.17) is 0 Å². The minimum absolute atomic E-state index is 0.0849. The lowest BCUT2D eigenvalue weighted by atomic mass is 10.0. The molecule has 1 aliphatic rings. The summed E-state index contributed by atoms with van der Waals surface area (Å²) in [6.45, 7) is 6.79. The van der Waals surface area contributed by atoms with Crippen molar-refractivity contribution in [3.63, 3.8) is 0 Å². The Bertz CT molecular complexity index is 1540. The Labute approximate surface area is 251 Å². The van der Waals surface area contributed by atoms with Gasteiger partial charge in [0.2, 0.25) is 10.0 Å². The lowest BCUT2D eigenvalue weighted by Gasteiger charge is -2.26. The number of amides is 4. The number of rotatable bonds is 10. The van der Waals surface area contributed by atoms with Crippen LogP contribution in [0, 0.1) is 0 Å². The molecule has 0 bridgehead atoms. The molecule has 0 saturated carbocycles. The average molecular weight is 612 g/mol. The van der Waals surface area contributed by atoms with Gasteiger partial charge in [0.15, 0.2) is 0 Å². The predicted octanol–water partition coefficient (Wildman–Crippen LogP) is 4.39. The van der Waals surface area contributed by atoms with E-state index >= 15 is 0 Å². The molecular weight excluding hydrogens is 574 g/mol. The minimum Gasteiger partial charge on any atom is -0.331 e. The summed E-state index contributed by atoms with van der Waals surface area (Å²) in [6, 6.07) is 14.6. The number of anilines is 1. The predicted molar refractivity (Wildman–Crippen MR) is 164 cm³/mol. The van der Waals surface area contributed by atoms with Crippen LogP contribution in [0.25, 0.3) is 0 Å². The van der Waals surface area contributed by atoms with Gasteiger partial charge in [0.05, 0.1) is 10.5 Å². The first-order valence-electron chi connectivity index (χ1n) is 13.9. The van der Waals surface area contributed by atoms with Crippen molar-refractivity contribution in [2.45, 2.75) is 44.7 Å². The van der Waals surface area contributed by atoms with Gasteiger partial charge < -0.3 is 10.2 Å². The van der Waals surface area contributed by atoms with Gasteiger partial charge in [-0.3, -0.25) is 19.8 Å². The third kappa shape index (κ3) is 7.06.